The fraction of sp³-hybridized carbons (Fsp3) is 0.0455. The van der Waals surface area contributed by atoms with Gasteiger partial charge in [0.25, 0.3) is 11.8 Å². The van der Waals surface area contributed by atoms with E-state index in [1.54, 1.807) is 30.3 Å². The minimum Gasteiger partial charge on any atom is -0.324 e. The molecule has 0 bridgehead atoms. The molecule has 0 radical (unpaired) electrons. The van der Waals surface area contributed by atoms with Crippen LogP contribution in [0.15, 0.2) is 66.7 Å². The van der Waals surface area contributed by atoms with E-state index in [1.807, 2.05) is 31.2 Å². The lowest BCUT2D eigenvalue weighted by Crippen LogP contribution is -2.32. The molecule has 0 aliphatic carbocycles. The summed E-state index contributed by atoms with van der Waals surface area (Å²) in [5.74, 6) is -2.24. The lowest BCUT2D eigenvalue weighted by molar-refractivity contribution is -0.0584. The zero-order valence-corrected chi connectivity index (χ0v) is 15.6. The van der Waals surface area contributed by atoms with Crippen molar-refractivity contribution in [1.29, 1.82) is 0 Å². The molecule has 5 nitrogen and oxygen atoms in total. The Morgan fingerprint density at radius 3 is 2.04 bits per heavy atom. The van der Waals surface area contributed by atoms with Crippen molar-refractivity contribution in [3.8, 4) is 11.1 Å². The van der Waals surface area contributed by atoms with Crippen LogP contribution in [0.3, 0.4) is 0 Å². The van der Waals surface area contributed by atoms with Crippen molar-refractivity contribution < 1.29 is 19.2 Å². The van der Waals surface area contributed by atoms with Gasteiger partial charge in [-0.15, -0.1) is 0 Å². The number of fused-ring (bicyclic) bond motifs is 1. The standard InChI is InChI=1S/C22H14ClNO4/c1-13-6-2-3-7-15(13)14-10-11-19(23)18(12-14)22(27)28-24-20(25)16-8-4-5-9-17(16)21(24)26/h2-12H,1H3. The highest BCUT2D eigenvalue weighted by Crippen LogP contribution is 2.29. The minimum atomic E-state index is -0.880. The van der Waals surface area contributed by atoms with Crippen LogP contribution in [0.2, 0.25) is 5.02 Å². The maximum absolute atomic E-state index is 12.7. The zero-order chi connectivity index (χ0) is 19.8. The number of carbonyl (C=O) groups excluding carboxylic acids is 3. The number of halogens is 1. The summed E-state index contributed by atoms with van der Waals surface area (Å²) in [4.78, 5) is 42.6. The minimum absolute atomic E-state index is 0.0685. The van der Waals surface area contributed by atoms with E-state index < -0.39 is 17.8 Å². The van der Waals surface area contributed by atoms with Gasteiger partial charge in [-0.25, -0.2) is 4.79 Å². The highest BCUT2D eigenvalue weighted by Gasteiger charge is 2.39. The number of hydrogen-bond donors (Lipinski definition) is 0. The largest absolute Gasteiger partial charge is 0.365 e. The Morgan fingerprint density at radius 2 is 1.43 bits per heavy atom. The second kappa shape index (κ2) is 6.94. The van der Waals surface area contributed by atoms with Crippen LogP contribution in [0.4, 0.5) is 0 Å². The molecule has 0 saturated carbocycles. The van der Waals surface area contributed by atoms with Crippen molar-refractivity contribution >= 4 is 29.4 Å². The highest BCUT2D eigenvalue weighted by atomic mass is 35.5. The summed E-state index contributed by atoms with van der Waals surface area (Å²) >= 11 is 6.18. The number of hydrogen-bond acceptors (Lipinski definition) is 4. The van der Waals surface area contributed by atoms with Crippen LogP contribution < -0.4 is 0 Å². The summed E-state index contributed by atoms with van der Waals surface area (Å²) in [5, 5.41) is 0.642. The third kappa shape index (κ3) is 2.96. The number of rotatable bonds is 3. The first-order valence-electron chi connectivity index (χ1n) is 8.53. The van der Waals surface area contributed by atoms with Crippen LogP contribution in [0.1, 0.15) is 36.6 Å². The molecule has 0 aromatic heterocycles. The number of amides is 2. The predicted octanol–water partition coefficient (Wildman–Crippen LogP) is 4.68. The van der Waals surface area contributed by atoms with Crippen LogP contribution in [-0.4, -0.2) is 22.8 Å². The lowest BCUT2D eigenvalue weighted by atomic mass is 9.99. The molecule has 3 aromatic rings. The van der Waals surface area contributed by atoms with Crippen LogP contribution >= 0.6 is 11.6 Å². The van der Waals surface area contributed by atoms with Crippen LogP contribution in [0, 0.1) is 6.92 Å². The number of nitrogens with zero attached hydrogens (tertiary/aromatic N) is 1. The Bertz CT molecular complexity index is 1100. The maximum atomic E-state index is 12.7. The van der Waals surface area contributed by atoms with Crippen molar-refractivity contribution in [2.45, 2.75) is 6.92 Å². The molecule has 28 heavy (non-hydrogen) atoms. The first kappa shape index (κ1) is 17.9. The van der Waals surface area contributed by atoms with Gasteiger partial charge in [0.2, 0.25) is 0 Å². The van der Waals surface area contributed by atoms with Gasteiger partial charge in [0.1, 0.15) is 0 Å². The third-order valence-electron chi connectivity index (χ3n) is 4.57. The molecule has 2 amide bonds. The SMILES string of the molecule is Cc1ccccc1-c1ccc(Cl)c(C(=O)ON2C(=O)c3ccccc3C2=O)c1. The quantitative estimate of drug-likeness (QED) is 0.608. The smallest absolute Gasteiger partial charge is 0.324 e. The summed E-state index contributed by atoms with van der Waals surface area (Å²) in [6, 6.07) is 19.0. The van der Waals surface area contributed by atoms with Crippen molar-refractivity contribution in [2.24, 2.45) is 0 Å². The van der Waals surface area contributed by atoms with E-state index in [0.29, 0.717) is 5.06 Å². The molecular formula is C22H14ClNO4. The molecule has 138 valence electrons. The molecule has 0 N–H and O–H groups in total. The maximum Gasteiger partial charge on any atom is 0.365 e. The lowest BCUT2D eigenvalue weighted by Gasteiger charge is -2.14. The van der Waals surface area contributed by atoms with Crippen molar-refractivity contribution in [3.63, 3.8) is 0 Å². The third-order valence-corrected chi connectivity index (χ3v) is 4.90. The number of carbonyl (C=O) groups is 3. The van der Waals surface area contributed by atoms with E-state index in [0.717, 1.165) is 16.7 Å². The second-order valence-corrected chi connectivity index (χ2v) is 6.75. The van der Waals surface area contributed by atoms with Crippen molar-refractivity contribution in [3.05, 3.63) is 94.0 Å². The average molecular weight is 392 g/mol. The van der Waals surface area contributed by atoms with Gasteiger partial charge in [0, 0.05) is 0 Å². The fourth-order valence-electron chi connectivity index (χ4n) is 3.13. The van der Waals surface area contributed by atoms with Crippen LogP contribution in [-0.2, 0) is 4.84 Å². The Hall–Kier alpha value is -3.44. The van der Waals surface area contributed by atoms with Gasteiger partial charge in [0.15, 0.2) is 0 Å². The molecule has 1 aliphatic rings. The van der Waals surface area contributed by atoms with Crippen molar-refractivity contribution in [1.82, 2.24) is 5.06 Å². The van der Waals surface area contributed by atoms with Crippen LogP contribution in [0.25, 0.3) is 11.1 Å². The number of hydroxylamine groups is 2. The predicted molar refractivity (Wildman–Crippen MR) is 104 cm³/mol. The summed E-state index contributed by atoms with van der Waals surface area (Å²) in [7, 11) is 0. The fourth-order valence-corrected chi connectivity index (χ4v) is 3.32. The van der Waals surface area contributed by atoms with Gasteiger partial charge >= 0.3 is 5.97 Å². The van der Waals surface area contributed by atoms with Gasteiger partial charge in [0.05, 0.1) is 21.7 Å². The molecule has 0 fully saturated rings. The average Bonchev–Trinajstić information content (AvgIpc) is 2.94. The molecule has 3 aromatic carbocycles. The molecule has 1 aliphatic heterocycles. The molecule has 0 spiro atoms. The highest BCUT2D eigenvalue weighted by molar-refractivity contribution is 6.33. The Balaban J connectivity index is 1.65. The van der Waals surface area contributed by atoms with Gasteiger partial charge in [-0.1, -0.05) is 59.1 Å². The van der Waals surface area contributed by atoms with Gasteiger partial charge in [-0.2, -0.15) is 0 Å². The normalized spacial score (nSPS) is 12.9. The molecule has 4 rings (SSSR count). The number of aryl methyl sites for hydroxylation is 1. The zero-order valence-electron chi connectivity index (χ0n) is 14.8. The van der Waals surface area contributed by atoms with Gasteiger partial charge in [-0.3, -0.25) is 9.59 Å². The summed E-state index contributed by atoms with van der Waals surface area (Å²) in [6.07, 6.45) is 0. The first-order valence-corrected chi connectivity index (χ1v) is 8.91. The topological polar surface area (TPSA) is 63.7 Å². The molecular weight excluding hydrogens is 378 g/mol. The van der Waals surface area contributed by atoms with Crippen molar-refractivity contribution in [2.75, 3.05) is 0 Å². The molecule has 0 unspecified atom stereocenters. The summed E-state index contributed by atoms with van der Waals surface area (Å²) < 4.78 is 0. The first-order chi connectivity index (χ1) is 13.5. The Morgan fingerprint density at radius 1 is 0.857 bits per heavy atom. The number of imide groups is 1. The summed E-state index contributed by atoms with van der Waals surface area (Å²) in [6.45, 7) is 1.96. The van der Waals surface area contributed by atoms with E-state index in [1.165, 1.54) is 12.1 Å². The molecule has 0 atom stereocenters. The van der Waals surface area contributed by atoms with E-state index in [-0.39, 0.29) is 21.7 Å². The van der Waals surface area contributed by atoms with Crippen LogP contribution in [0.5, 0.6) is 0 Å². The van der Waals surface area contributed by atoms with E-state index in [9.17, 15) is 14.4 Å². The second-order valence-electron chi connectivity index (χ2n) is 6.34. The van der Waals surface area contributed by atoms with E-state index >= 15 is 0 Å². The molecule has 1 heterocycles. The Kier molecular flexibility index (Phi) is 4.45. The Labute approximate surface area is 166 Å². The van der Waals surface area contributed by atoms with Gasteiger partial charge < -0.3 is 4.84 Å². The van der Waals surface area contributed by atoms with E-state index in [4.69, 9.17) is 16.4 Å². The van der Waals surface area contributed by atoms with Gasteiger partial charge in [-0.05, 0) is 47.9 Å². The number of benzene rings is 3. The van der Waals surface area contributed by atoms with E-state index in [2.05, 4.69) is 0 Å². The molecule has 6 heteroatoms. The summed E-state index contributed by atoms with van der Waals surface area (Å²) in [5.41, 5.74) is 3.20. The molecule has 0 saturated heterocycles. The monoisotopic (exact) mass is 391 g/mol.